The Balaban J connectivity index is 2.34. The molecule has 0 saturated carbocycles. The van der Waals surface area contributed by atoms with E-state index in [4.69, 9.17) is 15.9 Å². The van der Waals surface area contributed by atoms with Gasteiger partial charge in [-0.25, -0.2) is 4.79 Å². The van der Waals surface area contributed by atoms with E-state index >= 15 is 0 Å². The summed E-state index contributed by atoms with van der Waals surface area (Å²) in [7, 11) is 0. The third kappa shape index (κ3) is 2.65. The molecule has 1 aromatic carbocycles. The van der Waals surface area contributed by atoms with Gasteiger partial charge in [0, 0.05) is 12.0 Å². The number of likely N-dealkylation sites (tertiary alicyclic amines) is 1. The fraction of sp³-hybridized carbons (Fsp3) is 0.308. The first kappa shape index (κ1) is 14.8. The van der Waals surface area contributed by atoms with Crippen LogP contribution in [-0.2, 0) is 9.59 Å². The number of phenolic OH excluding ortho intramolecular Hbond substituents is 1. The van der Waals surface area contributed by atoms with Gasteiger partial charge in [0.25, 0.3) is 5.91 Å². The van der Waals surface area contributed by atoms with Crippen LogP contribution in [0.5, 0.6) is 5.75 Å². The zero-order valence-electron chi connectivity index (χ0n) is 10.9. The van der Waals surface area contributed by atoms with E-state index in [-0.39, 0.29) is 17.7 Å². The third-order valence-electron chi connectivity index (χ3n) is 3.45. The van der Waals surface area contributed by atoms with Crippen molar-refractivity contribution in [2.75, 3.05) is 6.54 Å². The van der Waals surface area contributed by atoms with Gasteiger partial charge in [-0.1, -0.05) is 6.07 Å². The second-order valence-corrected chi connectivity index (χ2v) is 5.00. The molecule has 1 fully saturated rings. The highest BCUT2D eigenvalue weighted by molar-refractivity contribution is 5.98. The molecule has 1 amide bonds. The Morgan fingerprint density at radius 3 is 2.48 bits per heavy atom. The Bertz CT molecular complexity index is 616. The van der Waals surface area contributed by atoms with Crippen molar-refractivity contribution in [3.8, 4) is 5.75 Å². The fourth-order valence-corrected chi connectivity index (χ4v) is 2.33. The van der Waals surface area contributed by atoms with Crippen LogP contribution in [0.25, 0.3) is 0 Å². The molecular formula is C13H14N2O6. The lowest BCUT2D eigenvalue weighted by Gasteiger charge is -2.22. The molecule has 0 radical (unpaired) electrons. The Kier molecular flexibility index (Phi) is 3.56. The molecular weight excluding hydrogens is 280 g/mol. The molecule has 0 spiro atoms. The van der Waals surface area contributed by atoms with E-state index in [9.17, 15) is 19.5 Å². The average molecular weight is 294 g/mol. The summed E-state index contributed by atoms with van der Waals surface area (Å²) >= 11 is 0. The molecule has 1 aliphatic heterocycles. The Labute approximate surface area is 119 Å². The number of aliphatic carboxylic acids is 2. The molecule has 0 aliphatic carbocycles. The molecule has 1 aromatic rings. The first-order valence-corrected chi connectivity index (χ1v) is 6.10. The van der Waals surface area contributed by atoms with Gasteiger partial charge < -0.3 is 26.0 Å². The van der Waals surface area contributed by atoms with Gasteiger partial charge in [0.2, 0.25) is 0 Å². The van der Waals surface area contributed by atoms with Crippen molar-refractivity contribution in [2.24, 2.45) is 5.73 Å². The van der Waals surface area contributed by atoms with Crippen LogP contribution in [0.4, 0.5) is 0 Å². The maximum Gasteiger partial charge on any atom is 0.326 e. The number of hydrogen-bond acceptors (Lipinski definition) is 5. The number of carbonyl (C=O) groups is 3. The van der Waals surface area contributed by atoms with E-state index in [1.165, 1.54) is 24.3 Å². The van der Waals surface area contributed by atoms with Gasteiger partial charge >= 0.3 is 11.9 Å². The van der Waals surface area contributed by atoms with Crippen molar-refractivity contribution >= 4 is 17.8 Å². The number of amides is 1. The lowest BCUT2D eigenvalue weighted by Crippen LogP contribution is -2.50. The fourth-order valence-electron chi connectivity index (χ4n) is 2.33. The number of aromatic hydroxyl groups is 1. The second kappa shape index (κ2) is 5.06. The topological polar surface area (TPSA) is 141 Å². The van der Waals surface area contributed by atoms with Gasteiger partial charge in [-0.15, -0.1) is 0 Å². The summed E-state index contributed by atoms with van der Waals surface area (Å²) in [6.45, 7) is -0.409. The van der Waals surface area contributed by atoms with Gasteiger partial charge in [-0.2, -0.15) is 0 Å². The standard InChI is InChI=1S/C13H14N2O6/c14-13(12(20)21)5-9(11(18)19)15(6-13)10(17)7-2-1-3-8(16)4-7/h1-4,9,16H,5-6,14H2,(H,18,19)(H,20,21)/t9-,13+/m1/s1. The summed E-state index contributed by atoms with van der Waals surface area (Å²) in [5.41, 5.74) is 3.93. The highest BCUT2D eigenvalue weighted by Crippen LogP contribution is 2.28. The smallest absolute Gasteiger partial charge is 0.326 e. The number of carboxylic acid groups (broad SMARTS) is 2. The normalized spacial score (nSPS) is 24.8. The van der Waals surface area contributed by atoms with Crippen LogP contribution in [0.15, 0.2) is 24.3 Å². The zero-order chi connectivity index (χ0) is 15.8. The molecule has 21 heavy (non-hydrogen) atoms. The molecule has 5 N–H and O–H groups in total. The third-order valence-corrected chi connectivity index (χ3v) is 3.45. The number of benzene rings is 1. The predicted molar refractivity (Wildman–Crippen MR) is 69.7 cm³/mol. The van der Waals surface area contributed by atoms with E-state index in [0.29, 0.717) is 0 Å². The van der Waals surface area contributed by atoms with E-state index in [1.807, 2.05) is 0 Å². The average Bonchev–Trinajstić information content (AvgIpc) is 2.78. The largest absolute Gasteiger partial charge is 0.508 e. The van der Waals surface area contributed by atoms with Crippen LogP contribution in [0.3, 0.4) is 0 Å². The minimum absolute atomic E-state index is 0.0656. The van der Waals surface area contributed by atoms with Gasteiger partial charge in [-0.3, -0.25) is 9.59 Å². The number of phenols is 1. The second-order valence-electron chi connectivity index (χ2n) is 5.00. The minimum atomic E-state index is -1.80. The van der Waals surface area contributed by atoms with Gasteiger partial charge in [0.05, 0.1) is 6.54 Å². The highest BCUT2D eigenvalue weighted by Gasteiger charge is 2.51. The van der Waals surface area contributed by atoms with E-state index in [0.717, 1.165) is 4.90 Å². The zero-order valence-corrected chi connectivity index (χ0v) is 10.9. The maximum absolute atomic E-state index is 12.3. The summed E-state index contributed by atoms with van der Waals surface area (Å²) < 4.78 is 0. The molecule has 1 aliphatic rings. The van der Waals surface area contributed by atoms with Crippen LogP contribution in [0, 0.1) is 0 Å². The Morgan fingerprint density at radius 1 is 1.29 bits per heavy atom. The van der Waals surface area contributed by atoms with Crippen molar-refractivity contribution in [1.29, 1.82) is 0 Å². The van der Waals surface area contributed by atoms with Crippen molar-refractivity contribution < 1.29 is 29.7 Å². The monoisotopic (exact) mass is 294 g/mol. The Morgan fingerprint density at radius 2 is 1.95 bits per heavy atom. The van der Waals surface area contributed by atoms with Crippen molar-refractivity contribution in [3.63, 3.8) is 0 Å². The van der Waals surface area contributed by atoms with Crippen LogP contribution in [-0.4, -0.2) is 56.2 Å². The quantitative estimate of drug-likeness (QED) is 0.587. The number of nitrogens with two attached hydrogens (primary N) is 1. The molecule has 1 heterocycles. The predicted octanol–water partition coefficient (Wildman–Crippen LogP) is -0.527. The van der Waals surface area contributed by atoms with Crippen molar-refractivity contribution in [1.82, 2.24) is 4.90 Å². The van der Waals surface area contributed by atoms with Gasteiger partial charge in [0.1, 0.15) is 17.3 Å². The number of rotatable bonds is 3. The summed E-state index contributed by atoms with van der Waals surface area (Å²) in [6.07, 6.45) is -0.373. The van der Waals surface area contributed by atoms with Crippen LogP contribution < -0.4 is 5.73 Å². The van der Waals surface area contributed by atoms with Crippen LogP contribution in [0.2, 0.25) is 0 Å². The van der Waals surface area contributed by atoms with Crippen LogP contribution in [0.1, 0.15) is 16.8 Å². The van der Waals surface area contributed by atoms with E-state index < -0.39 is 36.0 Å². The SMILES string of the molecule is N[C@@]1(C(=O)O)C[C@H](C(=O)O)N(C(=O)c2cccc(O)c2)C1. The molecule has 112 valence electrons. The van der Waals surface area contributed by atoms with E-state index in [1.54, 1.807) is 0 Å². The Hall–Kier alpha value is -2.61. The summed E-state index contributed by atoms with van der Waals surface area (Å²) in [5.74, 6) is -3.52. The summed E-state index contributed by atoms with van der Waals surface area (Å²) in [5, 5.41) is 27.6. The number of hydrogen-bond donors (Lipinski definition) is 4. The summed E-state index contributed by atoms with van der Waals surface area (Å²) in [4.78, 5) is 35.6. The van der Waals surface area contributed by atoms with Gasteiger partial charge in [-0.05, 0) is 18.2 Å². The molecule has 8 nitrogen and oxygen atoms in total. The molecule has 8 heteroatoms. The van der Waals surface area contributed by atoms with Crippen molar-refractivity contribution in [3.05, 3.63) is 29.8 Å². The molecule has 2 rings (SSSR count). The highest BCUT2D eigenvalue weighted by atomic mass is 16.4. The van der Waals surface area contributed by atoms with Crippen LogP contribution >= 0.6 is 0 Å². The minimum Gasteiger partial charge on any atom is -0.508 e. The number of nitrogens with zero attached hydrogens (tertiary/aromatic N) is 1. The maximum atomic E-state index is 12.3. The summed E-state index contributed by atoms with van der Waals surface area (Å²) in [6, 6.07) is 4.05. The number of carbonyl (C=O) groups excluding carboxylic acids is 1. The first-order chi connectivity index (χ1) is 9.74. The first-order valence-electron chi connectivity index (χ1n) is 6.10. The number of carboxylic acids is 2. The van der Waals surface area contributed by atoms with Gasteiger partial charge in [0.15, 0.2) is 0 Å². The molecule has 0 bridgehead atoms. The molecule has 2 atom stereocenters. The molecule has 0 unspecified atom stereocenters. The van der Waals surface area contributed by atoms with Crippen molar-refractivity contribution in [2.45, 2.75) is 18.0 Å². The lowest BCUT2D eigenvalue weighted by atomic mass is 9.98. The molecule has 1 saturated heterocycles. The molecule has 0 aromatic heterocycles. The van der Waals surface area contributed by atoms with E-state index in [2.05, 4.69) is 0 Å². The lowest BCUT2D eigenvalue weighted by molar-refractivity contribution is -0.142.